The highest BCUT2D eigenvalue weighted by Crippen LogP contribution is 2.12. The van der Waals surface area contributed by atoms with Crippen LogP contribution in [0.1, 0.15) is 22.8 Å². The van der Waals surface area contributed by atoms with Crippen molar-refractivity contribution in [3.63, 3.8) is 0 Å². The van der Waals surface area contributed by atoms with Gasteiger partial charge in [-0.15, -0.1) is 6.58 Å². The first-order valence-electron chi connectivity index (χ1n) is 4.58. The van der Waals surface area contributed by atoms with Gasteiger partial charge >= 0.3 is 0 Å². The van der Waals surface area contributed by atoms with Crippen molar-refractivity contribution < 1.29 is 9.90 Å². The first kappa shape index (κ1) is 10.7. The Labute approximate surface area is 83.9 Å². The van der Waals surface area contributed by atoms with E-state index in [1.54, 1.807) is 18.2 Å². The minimum atomic E-state index is -0.944. The van der Waals surface area contributed by atoms with E-state index < -0.39 is 6.10 Å². The van der Waals surface area contributed by atoms with E-state index in [2.05, 4.69) is 6.58 Å². The highest BCUT2D eigenvalue weighted by molar-refractivity contribution is 6.00. The standard InChI is InChI=1S/C12H14O2/c1-3-6-10-7-4-5-8-11(10)12(14)9(2)13/h3-5,7-9,13H,1,6H2,2H3. The molecule has 1 N–H and O–H groups in total. The van der Waals surface area contributed by atoms with E-state index >= 15 is 0 Å². The van der Waals surface area contributed by atoms with Crippen LogP contribution < -0.4 is 0 Å². The Morgan fingerprint density at radius 2 is 2.21 bits per heavy atom. The van der Waals surface area contributed by atoms with Crippen LogP contribution in [-0.4, -0.2) is 17.0 Å². The second-order valence-electron chi connectivity index (χ2n) is 3.19. The van der Waals surface area contributed by atoms with Gasteiger partial charge in [0.2, 0.25) is 0 Å². The van der Waals surface area contributed by atoms with Crippen LogP contribution in [0.25, 0.3) is 0 Å². The fourth-order valence-corrected chi connectivity index (χ4v) is 1.32. The first-order chi connectivity index (χ1) is 6.66. The molecule has 74 valence electrons. The summed E-state index contributed by atoms with van der Waals surface area (Å²) >= 11 is 0. The molecule has 0 saturated heterocycles. The van der Waals surface area contributed by atoms with Gasteiger partial charge in [0.05, 0.1) is 0 Å². The number of carbonyl (C=O) groups is 1. The minimum absolute atomic E-state index is 0.234. The van der Waals surface area contributed by atoms with Crippen molar-refractivity contribution in [2.45, 2.75) is 19.4 Å². The van der Waals surface area contributed by atoms with Crippen molar-refractivity contribution in [1.82, 2.24) is 0 Å². The van der Waals surface area contributed by atoms with Crippen LogP contribution in [0.4, 0.5) is 0 Å². The third kappa shape index (κ3) is 2.30. The van der Waals surface area contributed by atoms with Gasteiger partial charge < -0.3 is 5.11 Å². The van der Waals surface area contributed by atoms with Crippen LogP contribution in [0, 0.1) is 0 Å². The molecule has 1 unspecified atom stereocenters. The molecule has 0 spiro atoms. The number of benzene rings is 1. The number of hydrogen-bond donors (Lipinski definition) is 1. The monoisotopic (exact) mass is 190 g/mol. The Morgan fingerprint density at radius 1 is 1.57 bits per heavy atom. The summed E-state index contributed by atoms with van der Waals surface area (Å²) in [6.45, 7) is 5.11. The van der Waals surface area contributed by atoms with E-state index in [4.69, 9.17) is 0 Å². The van der Waals surface area contributed by atoms with Gasteiger partial charge in [-0.25, -0.2) is 0 Å². The Bertz CT molecular complexity index is 340. The van der Waals surface area contributed by atoms with Crippen LogP contribution >= 0.6 is 0 Å². The van der Waals surface area contributed by atoms with Crippen molar-refractivity contribution in [1.29, 1.82) is 0 Å². The van der Waals surface area contributed by atoms with Crippen LogP contribution in [0.15, 0.2) is 36.9 Å². The lowest BCUT2D eigenvalue weighted by atomic mass is 9.99. The quantitative estimate of drug-likeness (QED) is 0.582. The average molecular weight is 190 g/mol. The van der Waals surface area contributed by atoms with Crippen LogP contribution in [-0.2, 0) is 6.42 Å². The summed E-state index contributed by atoms with van der Waals surface area (Å²) in [4.78, 5) is 11.6. The zero-order valence-corrected chi connectivity index (χ0v) is 8.23. The van der Waals surface area contributed by atoms with E-state index in [0.717, 1.165) is 5.56 Å². The summed E-state index contributed by atoms with van der Waals surface area (Å²) in [5.41, 5.74) is 1.50. The Balaban J connectivity index is 3.06. The van der Waals surface area contributed by atoms with Gasteiger partial charge in [-0.2, -0.15) is 0 Å². The summed E-state index contributed by atoms with van der Waals surface area (Å²) in [7, 11) is 0. The number of carbonyl (C=O) groups excluding carboxylic acids is 1. The fraction of sp³-hybridized carbons (Fsp3) is 0.250. The molecule has 0 amide bonds. The number of ketones is 1. The Kier molecular flexibility index (Phi) is 3.60. The molecule has 0 aliphatic carbocycles. The predicted molar refractivity (Wildman–Crippen MR) is 56.4 cm³/mol. The number of allylic oxidation sites excluding steroid dienone is 1. The van der Waals surface area contributed by atoms with Gasteiger partial charge in [-0.05, 0) is 18.9 Å². The third-order valence-electron chi connectivity index (χ3n) is 2.03. The van der Waals surface area contributed by atoms with E-state index in [-0.39, 0.29) is 5.78 Å². The van der Waals surface area contributed by atoms with E-state index in [1.165, 1.54) is 6.92 Å². The molecule has 14 heavy (non-hydrogen) atoms. The lowest BCUT2D eigenvalue weighted by Gasteiger charge is -2.08. The Morgan fingerprint density at radius 3 is 2.79 bits per heavy atom. The lowest BCUT2D eigenvalue weighted by molar-refractivity contribution is 0.0778. The van der Waals surface area contributed by atoms with Crippen molar-refractivity contribution >= 4 is 5.78 Å². The number of Topliss-reactive ketones (excluding diaryl/α,β-unsaturated/α-hetero) is 1. The largest absolute Gasteiger partial charge is 0.385 e. The van der Waals surface area contributed by atoms with Crippen LogP contribution in [0.5, 0.6) is 0 Å². The molecule has 2 nitrogen and oxygen atoms in total. The molecule has 0 fully saturated rings. The van der Waals surface area contributed by atoms with Gasteiger partial charge in [0.25, 0.3) is 0 Å². The second-order valence-corrected chi connectivity index (χ2v) is 3.19. The van der Waals surface area contributed by atoms with Gasteiger partial charge in [-0.3, -0.25) is 4.79 Å². The van der Waals surface area contributed by atoms with Crippen molar-refractivity contribution in [2.75, 3.05) is 0 Å². The van der Waals surface area contributed by atoms with Gasteiger partial charge in [0, 0.05) is 5.56 Å². The highest BCUT2D eigenvalue weighted by atomic mass is 16.3. The summed E-state index contributed by atoms with van der Waals surface area (Å²) < 4.78 is 0. The number of aliphatic hydroxyl groups is 1. The third-order valence-corrected chi connectivity index (χ3v) is 2.03. The van der Waals surface area contributed by atoms with Crippen molar-refractivity contribution in [2.24, 2.45) is 0 Å². The average Bonchev–Trinajstić information content (AvgIpc) is 2.18. The van der Waals surface area contributed by atoms with Gasteiger partial charge in [-0.1, -0.05) is 30.3 Å². The van der Waals surface area contributed by atoms with Gasteiger partial charge in [0.15, 0.2) is 5.78 Å². The van der Waals surface area contributed by atoms with Crippen LogP contribution in [0.3, 0.4) is 0 Å². The molecular weight excluding hydrogens is 176 g/mol. The molecule has 2 heteroatoms. The van der Waals surface area contributed by atoms with E-state index in [9.17, 15) is 9.90 Å². The summed E-state index contributed by atoms with van der Waals surface area (Å²) in [5.74, 6) is -0.234. The lowest BCUT2D eigenvalue weighted by Crippen LogP contribution is -2.17. The number of hydrogen-bond acceptors (Lipinski definition) is 2. The summed E-state index contributed by atoms with van der Waals surface area (Å²) in [5, 5.41) is 9.19. The number of rotatable bonds is 4. The zero-order valence-electron chi connectivity index (χ0n) is 8.23. The van der Waals surface area contributed by atoms with Crippen molar-refractivity contribution in [3.05, 3.63) is 48.0 Å². The van der Waals surface area contributed by atoms with E-state index in [0.29, 0.717) is 12.0 Å². The molecule has 1 rings (SSSR count). The molecule has 0 aliphatic heterocycles. The molecule has 0 bridgehead atoms. The fourth-order valence-electron chi connectivity index (χ4n) is 1.32. The smallest absolute Gasteiger partial charge is 0.191 e. The SMILES string of the molecule is C=CCc1ccccc1C(=O)C(C)O. The molecule has 0 radical (unpaired) electrons. The molecule has 0 heterocycles. The molecule has 1 aromatic carbocycles. The predicted octanol–water partition coefficient (Wildman–Crippen LogP) is 1.98. The molecule has 1 aromatic rings. The molecule has 0 aliphatic rings. The molecular formula is C12H14O2. The minimum Gasteiger partial charge on any atom is -0.385 e. The molecule has 0 aromatic heterocycles. The normalized spacial score (nSPS) is 12.1. The second kappa shape index (κ2) is 4.72. The first-order valence-corrected chi connectivity index (χ1v) is 4.58. The Hall–Kier alpha value is -1.41. The maximum Gasteiger partial charge on any atom is 0.191 e. The topological polar surface area (TPSA) is 37.3 Å². The summed E-state index contributed by atoms with van der Waals surface area (Å²) in [6.07, 6.45) is 1.45. The van der Waals surface area contributed by atoms with Crippen molar-refractivity contribution in [3.8, 4) is 0 Å². The maximum absolute atomic E-state index is 11.6. The van der Waals surface area contributed by atoms with E-state index in [1.807, 2.05) is 12.1 Å². The molecule has 1 atom stereocenters. The maximum atomic E-state index is 11.6. The highest BCUT2D eigenvalue weighted by Gasteiger charge is 2.14. The van der Waals surface area contributed by atoms with Gasteiger partial charge in [0.1, 0.15) is 6.10 Å². The zero-order chi connectivity index (χ0) is 10.6. The number of aliphatic hydroxyl groups excluding tert-OH is 1. The summed E-state index contributed by atoms with van der Waals surface area (Å²) in [6, 6.07) is 7.27. The molecule has 0 saturated carbocycles. The van der Waals surface area contributed by atoms with Crippen LogP contribution in [0.2, 0.25) is 0 Å².